The molecular weight excluding hydrogens is 228 g/mol. The highest BCUT2D eigenvalue weighted by molar-refractivity contribution is 5.84. The van der Waals surface area contributed by atoms with Crippen LogP contribution in [-0.2, 0) is 14.9 Å². The van der Waals surface area contributed by atoms with Gasteiger partial charge in [0.05, 0.1) is 19.6 Å². The van der Waals surface area contributed by atoms with E-state index in [4.69, 9.17) is 9.47 Å². The average Bonchev–Trinajstić information content (AvgIpc) is 2.31. The van der Waals surface area contributed by atoms with E-state index in [0.29, 0.717) is 0 Å². The Bertz CT molecular complexity index is 473. The summed E-state index contributed by atoms with van der Waals surface area (Å²) >= 11 is 0. The maximum absolute atomic E-state index is 12.0. The van der Waals surface area contributed by atoms with Gasteiger partial charge < -0.3 is 9.47 Å². The van der Waals surface area contributed by atoms with Crippen molar-refractivity contribution in [2.45, 2.75) is 40.0 Å². The molecule has 1 rings (SSSR count). The number of rotatable bonds is 3. The Morgan fingerprint density at radius 3 is 2.11 bits per heavy atom. The van der Waals surface area contributed by atoms with E-state index in [0.717, 1.165) is 28.0 Å². The van der Waals surface area contributed by atoms with E-state index in [1.807, 2.05) is 34.6 Å². The van der Waals surface area contributed by atoms with Crippen molar-refractivity contribution in [2.24, 2.45) is 0 Å². The van der Waals surface area contributed by atoms with Gasteiger partial charge in [-0.3, -0.25) is 4.79 Å². The molecule has 0 N–H and O–H groups in total. The van der Waals surface area contributed by atoms with Gasteiger partial charge >= 0.3 is 5.97 Å². The number of aryl methyl sites for hydroxylation is 2. The Morgan fingerprint density at radius 1 is 1.11 bits per heavy atom. The van der Waals surface area contributed by atoms with Crippen molar-refractivity contribution in [3.8, 4) is 5.75 Å². The van der Waals surface area contributed by atoms with Crippen molar-refractivity contribution in [3.05, 3.63) is 28.3 Å². The average molecular weight is 250 g/mol. The lowest BCUT2D eigenvalue weighted by Crippen LogP contribution is -2.32. The van der Waals surface area contributed by atoms with Crippen LogP contribution in [-0.4, -0.2) is 20.2 Å². The van der Waals surface area contributed by atoms with E-state index in [-0.39, 0.29) is 5.97 Å². The van der Waals surface area contributed by atoms with E-state index in [1.165, 1.54) is 7.11 Å². The Morgan fingerprint density at radius 2 is 1.67 bits per heavy atom. The minimum Gasteiger partial charge on any atom is -0.496 e. The summed E-state index contributed by atoms with van der Waals surface area (Å²) in [4.78, 5) is 12.0. The fourth-order valence-electron chi connectivity index (χ4n) is 2.44. The van der Waals surface area contributed by atoms with Crippen LogP contribution in [0.4, 0.5) is 0 Å². The second-order valence-corrected chi connectivity index (χ2v) is 5.16. The number of methoxy groups -OCH3 is 2. The van der Waals surface area contributed by atoms with Crippen LogP contribution in [0.5, 0.6) is 5.75 Å². The molecule has 0 aliphatic carbocycles. The minimum atomic E-state index is -0.720. The lowest BCUT2D eigenvalue weighted by molar-refractivity contribution is -0.146. The van der Waals surface area contributed by atoms with Crippen LogP contribution in [0.3, 0.4) is 0 Å². The molecule has 100 valence electrons. The first-order valence-corrected chi connectivity index (χ1v) is 6.01. The maximum Gasteiger partial charge on any atom is 0.315 e. The first kappa shape index (κ1) is 14.6. The van der Waals surface area contributed by atoms with Crippen LogP contribution in [0.2, 0.25) is 0 Å². The smallest absolute Gasteiger partial charge is 0.315 e. The zero-order valence-corrected chi connectivity index (χ0v) is 12.3. The quantitative estimate of drug-likeness (QED) is 0.773. The molecule has 0 spiro atoms. The molecule has 0 radical (unpaired) electrons. The van der Waals surface area contributed by atoms with Gasteiger partial charge in [-0.1, -0.05) is 6.07 Å². The molecule has 0 aromatic heterocycles. The predicted molar refractivity (Wildman–Crippen MR) is 72.2 cm³/mol. The summed E-state index contributed by atoms with van der Waals surface area (Å²) in [6, 6.07) is 2.08. The van der Waals surface area contributed by atoms with E-state index in [2.05, 4.69) is 6.07 Å². The number of ether oxygens (including phenoxy) is 2. The molecule has 0 saturated carbocycles. The third kappa shape index (κ3) is 2.22. The van der Waals surface area contributed by atoms with Gasteiger partial charge in [-0.05, 0) is 51.3 Å². The van der Waals surface area contributed by atoms with E-state index < -0.39 is 5.41 Å². The van der Waals surface area contributed by atoms with E-state index >= 15 is 0 Å². The van der Waals surface area contributed by atoms with Crippen LogP contribution in [0.15, 0.2) is 6.07 Å². The number of carbonyl (C=O) groups excluding carboxylic acids is 1. The molecule has 0 bridgehead atoms. The summed E-state index contributed by atoms with van der Waals surface area (Å²) in [6.07, 6.45) is 0. The maximum atomic E-state index is 12.0. The topological polar surface area (TPSA) is 35.5 Å². The molecule has 0 fully saturated rings. The van der Waals surface area contributed by atoms with Gasteiger partial charge in [-0.25, -0.2) is 0 Å². The van der Waals surface area contributed by atoms with E-state index in [9.17, 15) is 4.79 Å². The van der Waals surface area contributed by atoms with Gasteiger partial charge in [0.25, 0.3) is 0 Å². The number of hydrogen-bond donors (Lipinski definition) is 0. The fraction of sp³-hybridized carbons (Fsp3) is 0.533. The van der Waals surface area contributed by atoms with Gasteiger partial charge in [-0.15, -0.1) is 0 Å². The summed E-state index contributed by atoms with van der Waals surface area (Å²) in [7, 11) is 3.05. The van der Waals surface area contributed by atoms with Crippen LogP contribution >= 0.6 is 0 Å². The summed E-state index contributed by atoms with van der Waals surface area (Å²) in [6.45, 7) is 9.76. The molecule has 3 nitrogen and oxygen atoms in total. The fourth-order valence-corrected chi connectivity index (χ4v) is 2.44. The molecule has 18 heavy (non-hydrogen) atoms. The Balaban J connectivity index is 3.59. The highest BCUT2D eigenvalue weighted by atomic mass is 16.5. The molecule has 0 aliphatic rings. The highest BCUT2D eigenvalue weighted by Crippen LogP contribution is 2.38. The minimum absolute atomic E-state index is 0.257. The van der Waals surface area contributed by atoms with Crippen LogP contribution in [0.1, 0.15) is 36.1 Å². The van der Waals surface area contributed by atoms with Crippen LogP contribution < -0.4 is 4.74 Å². The van der Waals surface area contributed by atoms with Crippen molar-refractivity contribution in [3.63, 3.8) is 0 Å². The summed E-state index contributed by atoms with van der Waals surface area (Å²) in [5.74, 6) is 0.523. The number of esters is 1. The summed E-state index contributed by atoms with van der Waals surface area (Å²) < 4.78 is 10.4. The largest absolute Gasteiger partial charge is 0.496 e. The SMILES string of the molecule is COC(=O)C(C)(C)c1c(C)cc(C)c(C)c1OC. The molecular formula is C15H22O3. The Kier molecular flexibility index (Phi) is 4.05. The molecule has 1 aromatic rings. The molecule has 0 amide bonds. The van der Waals surface area contributed by atoms with Crippen molar-refractivity contribution in [1.29, 1.82) is 0 Å². The van der Waals surface area contributed by atoms with Crippen molar-refractivity contribution in [1.82, 2.24) is 0 Å². The Labute approximate surface area is 109 Å². The third-order valence-electron chi connectivity index (χ3n) is 3.51. The first-order valence-electron chi connectivity index (χ1n) is 6.01. The van der Waals surface area contributed by atoms with Crippen molar-refractivity contribution >= 4 is 5.97 Å². The molecule has 0 heterocycles. The molecule has 3 heteroatoms. The number of carbonyl (C=O) groups is 1. The van der Waals surface area contributed by atoms with Crippen LogP contribution in [0, 0.1) is 20.8 Å². The monoisotopic (exact) mass is 250 g/mol. The molecule has 0 aliphatic heterocycles. The standard InChI is InChI=1S/C15H22O3/c1-9-8-10(2)12(13(17-6)11(9)3)15(4,5)14(16)18-7/h8H,1-7H3. The highest BCUT2D eigenvalue weighted by Gasteiger charge is 2.36. The second-order valence-electron chi connectivity index (χ2n) is 5.16. The zero-order chi connectivity index (χ0) is 14.1. The molecule has 0 atom stereocenters. The normalized spacial score (nSPS) is 11.3. The number of hydrogen-bond acceptors (Lipinski definition) is 3. The first-order chi connectivity index (χ1) is 8.27. The van der Waals surface area contributed by atoms with Gasteiger partial charge in [0.15, 0.2) is 0 Å². The summed E-state index contributed by atoms with van der Waals surface area (Å²) in [5.41, 5.74) is 3.46. The number of benzene rings is 1. The second kappa shape index (κ2) is 5.01. The summed E-state index contributed by atoms with van der Waals surface area (Å²) in [5, 5.41) is 0. The lowest BCUT2D eigenvalue weighted by atomic mass is 9.79. The molecule has 1 aromatic carbocycles. The van der Waals surface area contributed by atoms with Gasteiger partial charge in [0, 0.05) is 5.56 Å². The van der Waals surface area contributed by atoms with Gasteiger partial charge in [0.2, 0.25) is 0 Å². The molecule has 0 saturated heterocycles. The van der Waals surface area contributed by atoms with Crippen molar-refractivity contribution < 1.29 is 14.3 Å². The molecule has 0 unspecified atom stereocenters. The lowest BCUT2D eigenvalue weighted by Gasteiger charge is -2.28. The van der Waals surface area contributed by atoms with E-state index in [1.54, 1.807) is 7.11 Å². The van der Waals surface area contributed by atoms with Crippen LogP contribution in [0.25, 0.3) is 0 Å². The van der Waals surface area contributed by atoms with Gasteiger partial charge in [0.1, 0.15) is 5.75 Å². The Hall–Kier alpha value is -1.51. The third-order valence-corrected chi connectivity index (χ3v) is 3.51. The zero-order valence-electron chi connectivity index (χ0n) is 12.3. The predicted octanol–water partition coefficient (Wildman–Crippen LogP) is 3.07. The van der Waals surface area contributed by atoms with Crippen molar-refractivity contribution in [2.75, 3.05) is 14.2 Å². The van der Waals surface area contributed by atoms with Gasteiger partial charge in [-0.2, -0.15) is 0 Å².